The van der Waals surface area contributed by atoms with Crippen molar-refractivity contribution in [3.63, 3.8) is 0 Å². The van der Waals surface area contributed by atoms with Crippen molar-refractivity contribution in [1.29, 1.82) is 0 Å². The van der Waals surface area contributed by atoms with E-state index in [2.05, 4.69) is 4.72 Å². The molecule has 0 radical (unpaired) electrons. The maximum atomic E-state index is 11.2. The van der Waals surface area contributed by atoms with E-state index in [-0.39, 0.29) is 18.2 Å². The van der Waals surface area contributed by atoms with Gasteiger partial charge in [-0.05, 0) is 20.8 Å². The summed E-state index contributed by atoms with van der Waals surface area (Å²) in [5, 5.41) is 0. The minimum atomic E-state index is -3.25. The lowest BCUT2D eigenvalue weighted by Crippen LogP contribution is -2.41. The summed E-state index contributed by atoms with van der Waals surface area (Å²) < 4.78 is 30.3. The molecule has 0 aromatic carbocycles. The average molecular weight is 244 g/mol. The van der Waals surface area contributed by atoms with Crippen LogP contribution in [0.1, 0.15) is 20.8 Å². The zero-order chi connectivity index (χ0) is 11.2. The summed E-state index contributed by atoms with van der Waals surface area (Å²) in [6.07, 6.45) is 0. The Morgan fingerprint density at radius 2 is 2.00 bits per heavy atom. The molecule has 0 amide bonds. The molecule has 86 valence electrons. The van der Waals surface area contributed by atoms with Gasteiger partial charge in [0.2, 0.25) is 10.0 Å². The maximum absolute atomic E-state index is 11.2. The average Bonchev–Trinajstić information content (AvgIpc) is 2.01. The van der Waals surface area contributed by atoms with Crippen molar-refractivity contribution in [3.05, 3.63) is 0 Å². The third-order valence-corrected chi connectivity index (χ3v) is 3.34. The molecule has 0 unspecified atom stereocenters. The molecular formula is C8H18ClNO3S. The number of nitrogens with one attached hydrogen (secondary N) is 1. The van der Waals surface area contributed by atoms with Crippen molar-refractivity contribution >= 4 is 21.6 Å². The first kappa shape index (κ1) is 14.2. The standard InChI is InChI=1S/C8H18ClNO3S/c1-4-13-8(2,3)7-10-14(11,12)6-5-9/h10H,4-7H2,1-3H3. The highest BCUT2D eigenvalue weighted by Crippen LogP contribution is 2.07. The van der Waals surface area contributed by atoms with Crippen molar-refractivity contribution in [2.75, 3.05) is 24.8 Å². The number of sulfonamides is 1. The molecule has 0 aliphatic rings. The van der Waals surface area contributed by atoms with Crippen LogP contribution in [0.2, 0.25) is 0 Å². The Balaban J connectivity index is 4.04. The van der Waals surface area contributed by atoms with E-state index in [1.807, 2.05) is 20.8 Å². The van der Waals surface area contributed by atoms with Gasteiger partial charge in [0, 0.05) is 19.0 Å². The summed E-state index contributed by atoms with van der Waals surface area (Å²) in [4.78, 5) is 0. The Labute approximate surface area is 91.0 Å². The normalized spacial score (nSPS) is 13.1. The molecule has 14 heavy (non-hydrogen) atoms. The Hall–Kier alpha value is 0.160. The molecule has 0 fully saturated rings. The van der Waals surface area contributed by atoms with Gasteiger partial charge >= 0.3 is 0 Å². The lowest BCUT2D eigenvalue weighted by Gasteiger charge is -2.24. The summed E-state index contributed by atoms with van der Waals surface area (Å²) in [6, 6.07) is 0. The van der Waals surface area contributed by atoms with Gasteiger partial charge in [-0.2, -0.15) is 0 Å². The van der Waals surface area contributed by atoms with Gasteiger partial charge in [-0.1, -0.05) is 0 Å². The maximum Gasteiger partial charge on any atom is 0.212 e. The van der Waals surface area contributed by atoms with Crippen molar-refractivity contribution in [3.8, 4) is 0 Å². The summed E-state index contributed by atoms with van der Waals surface area (Å²) in [5.41, 5.74) is -0.478. The van der Waals surface area contributed by atoms with Gasteiger partial charge in [0.25, 0.3) is 0 Å². The smallest absolute Gasteiger partial charge is 0.212 e. The quantitative estimate of drug-likeness (QED) is 0.678. The van der Waals surface area contributed by atoms with E-state index in [4.69, 9.17) is 16.3 Å². The molecule has 1 N–H and O–H groups in total. The van der Waals surface area contributed by atoms with Crippen LogP contribution in [0.3, 0.4) is 0 Å². The van der Waals surface area contributed by atoms with Gasteiger partial charge in [-0.25, -0.2) is 13.1 Å². The molecule has 0 spiro atoms. The fourth-order valence-electron chi connectivity index (χ4n) is 0.899. The number of halogens is 1. The first-order chi connectivity index (χ1) is 6.33. The molecule has 0 aliphatic heterocycles. The Morgan fingerprint density at radius 1 is 1.43 bits per heavy atom. The van der Waals surface area contributed by atoms with Gasteiger partial charge in [0.1, 0.15) is 0 Å². The molecule has 6 heteroatoms. The topological polar surface area (TPSA) is 55.4 Å². The van der Waals surface area contributed by atoms with E-state index in [1.165, 1.54) is 0 Å². The second kappa shape index (κ2) is 5.90. The molecule has 4 nitrogen and oxygen atoms in total. The Morgan fingerprint density at radius 3 is 2.43 bits per heavy atom. The van der Waals surface area contributed by atoms with Crippen molar-refractivity contribution < 1.29 is 13.2 Å². The molecule has 0 heterocycles. The highest BCUT2D eigenvalue weighted by atomic mass is 35.5. The number of rotatable bonds is 7. The van der Waals surface area contributed by atoms with Crippen LogP contribution in [-0.4, -0.2) is 38.8 Å². The predicted molar refractivity (Wildman–Crippen MR) is 58.2 cm³/mol. The SMILES string of the molecule is CCOC(C)(C)CNS(=O)(=O)CCCl. The zero-order valence-electron chi connectivity index (χ0n) is 8.84. The number of hydrogen-bond donors (Lipinski definition) is 1. The summed E-state index contributed by atoms with van der Waals surface area (Å²) >= 11 is 5.35. The largest absolute Gasteiger partial charge is 0.375 e. The van der Waals surface area contributed by atoms with Crippen LogP contribution in [0, 0.1) is 0 Å². The molecule has 0 bridgehead atoms. The molecule has 0 saturated carbocycles. The van der Waals surface area contributed by atoms with Gasteiger partial charge < -0.3 is 4.74 Å². The van der Waals surface area contributed by atoms with Crippen LogP contribution in [-0.2, 0) is 14.8 Å². The summed E-state index contributed by atoms with van der Waals surface area (Å²) in [5.74, 6) is 0.0428. The van der Waals surface area contributed by atoms with Crippen LogP contribution < -0.4 is 4.72 Å². The van der Waals surface area contributed by atoms with Crippen LogP contribution in [0.25, 0.3) is 0 Å². The van der Waals surface area contributed by atoms with E-state index in [0.29, 0.717) is 6.61 Å². The van der Waals surface area contributed by atoms with Gasteiger partial charge in [0.05, 0.1) is 11.4 Å². The second-order valence-electron chi connectivity index (χ2n) is 3.52. The minimum Gasteiger partial charge on any atom is -0.375 e. The van der Waals surface area contributed by atoms with E-state index in [0.717, 1.165) is 0 Å². The third-order valence-electron chi connectivity index (χ3n) is 1.60. The van der Waals surface area contributed by atoms with Crippen molar-refractivity contribution in [2.45, 2.75) is 26.4 Å². The molecule has 0 aliphatic carbocycles. The summed E-state index contributed by atoms with van der Waals surface area (Å²) in [7, 11) is -3.25. The van der Waals surface area contributed by atoms with E-state index in [1.54, 1.807) is 0 Å². The van der Waals surface area contributed by atoms with E-state index < -0.39 is 15.6 Å². The molecule has 0 rings (SSSR count). The Kier molecular flexibility index (Phi) is 5.97. The third kappa shape index (κ3) is 6.59. The van der Waals surface area contributed by atoms with Crippen molar-refractivity contribution in [1.82, 2.24) is 4.72 Å². The molecule has 0 aromatic rings. The van der Waals surface area contributed by atoms with Gasteiger partial charge in [0.15, 0.2) is 0 Å². The number of ether oxygens (including phenoxy) is 1. The van der Waals surface area contributed by atoms with Gasteiger partial charge in [-0.3, -0.25) is 0 Å². The van der Waals surface area contributed by atoms with E-state index in [9.17, 15) is 8.42 Å². The fraction of sp³-hybridized carbons (Fsp3) is 1.00. The zero-order valence-corrected chi connectivity index (χ0v) is 10.4. The molecule has 0 aromatic heterocycles. The highest BCUT2D eigenvalue weighted by molar-refractivity contribution is 7.89. The Bertz CT molecular complexity index is 251. The molecule has 0 atom stereocenters. The number of hydrogen-bond acceptors (Lipinski definition) is 3. The lowest BCUT2D eigenvalue weighted by atomic mass is 10.1. The van der Waals surface area contributed by atoms with Gasteiger partial charge in [-0.15, -0.1) is 11.6 Å². The lowest BCUT2D eigenvalue weighted by molar-refractivity contribution is -0.00514. The first-order valence-corrected chi connectivity index (χ1v) is 6.69. The first-order valence-electron chi connectivity index (χ1n) is 4.50. The molecular weight excluding hydrogens is 226 g/mol. The van der Waals surface area contributed by atoms with Crippen LogP contribution in [0.4, 0.5) is 0 Å². The minimum absolute atomic E-state index is 0.0588. The van der Waals surface area contributed by atoms with Crippen LogP contribution in [0.5, 0.6) is 0 Å². The summed E-state index contributed by atoms with van der Waals surface area (Å²) in [6.45, 7) is 6.36. The molecule has 0 saturated heterocycles. The second-order valence-corrected chi connectivity index (χ2v) is 5.83. The number of alkyl halides is 1. The van der Waals surface area contributed by atoms with Crippen LogP contribution in [0.15, 0.2) is 0 Å². The van der Waals surface area contributed by atoms with Crippen molar-refractivity contribution in [2.24, 2.45) is 0 Å². The monoisotopic (exact) mass is 243 g/mol. The predicted octanol–water partition coefficient (Wildman–Crippen LogP) is 0.960. The van der Waals surface area contributed by atoms with E-state index >= 15 is 0 Å². The highest BCUT2D eigenvalue weighted by Gasteiger charge is 2.20. The fourth-order valence-corrected chi connectivity index (χ4v) is 2.42. The van der Waals surface area contributed by atoms with Crippen LogP contribution >= 0.6 is 11.6 Å².